The summed E-state index contributed by atoms with van der Waals surface area (Å²) in [6.07, 6.45) is 30.2. The Morgan fingerprint density at radius 2 is 1.70 bits per heavy atom. The quantitative estimate of drug-likeness (QED) is 0.345. The number of fused-ring (bicyclic) bond motifs is 3. The fraction of sp³-hybridized carbons (Fsp3) is 0.364. The molecule has 9 rings (SSSR count). The number of nitrogens with zero attached hydrogens (tertiary/aromatic N) is 1. The molecule has 1 heterocycles. The second-order valence-corrected chi connectivity index (χ2v) is 15.0. The average Bonchev–Trinajstić information content (AvgIpc) is 3.40. The Bertz CT molecular complexity index is 1910. The summed E-state index contributed by atoms with van der Waals surface area (Å²) in [5.74, 6) is 3.71. The molecule has 3 unspecified atom stereocenters. The second-order valence-electron chi connectivity index (χ2n) is 15.0. The van der Waals surface area contributed by atoms with E-state index in [1.807, 2.05) is 0 Å². The molecule has 2 nitrogen and oxygen atoms in total. The van der Waals surface area contributed by atoms with Crippen LogP contribution in [-0.4, -0.2) is 6.04 Å². The number of anilines is 1. The first kappa shape index (κ1) is 28.2. The lowest BCUT2D eigenvalue weighted by Gasteiger charge is -2.45. The van der Waals surface area contributed by atoms with Gasteiger partial charge in [-0.05, 0) is 122 Å². The molecule has 0 bridgehead atoms. The molecule has 1 fully saturated rings. The molecule has 2 aromatic carbocycles. The van der Waals surface area contributed by atoms with Crippen molar-refractivity contribution in [2.75, 3.05) is 4.90 Å². The molecule has 2 heteroatoms. The minimum atomic E-state index is -0.183. The largest absolute Gasteiger partial charge is 0.458 e. The number of aryl methyl sites for hydroxylation is 2. The van der Waals surface area contributed by atoms with Crippen molar-refractivity contribution in [2.45, 2.75) is 90.0 Å². The number of para-hydroxylation sites is 1. The molecule has 1 aliphatic heterocycles. The van der Waals surface area contributed by atoms with Gasteiger partial charge in [0, 0.05) is 23.1 Å². The SMILES string of the molecule is CC1=C2C=CC3=CCC(N(C4=C5Oc6c(C7CCCCC7)cccc6[C@@]5(C)CC=C4)c4ccc(C)c(C)c4)C4=C3C2C(C=C1)C=C4. The molecule has 7 aliphatic rings. The van der Waals surface area contributed by atoms with Gasteiger partial charge >= 0.3 is 0 Å². The number of rotatable bonds is 4. The molecule has 0 N–H and O–H groups in total. The molecule has 4 atom stereocenters. The van der Waals surface area contributed by atoms with E-state index in [-0.39, 0.29) is 11.5 Å². The van der Waals surface area contributed by atoms with Crippen molar-refractivity contribution in [3.05, 3.63) is 153 Å². The lowest BCUT2D eigenvalue weighted by Crippen LogP contribution is -2.42. The molecule has 0 saturated heterocycles. The van der Waals surface area contributed by atoms with Crippen molar-refractivity contribution in [3.63, 3.8) is 0 Å². The van der Waals surface area contributed by atoms with Gasteiger partial charge < -0.3 is 9.64 Å². The van der Waals surface area contributed by atoms with E-state index in [1.165, 1.54) is 93.6 Å². The van der Waals surface area contributed by atoms with E-state index in [1.54, 1.807) is 0 Å². The summed E-state index contributed by atoms with van der Waals surface area (Å²) < 4.78 is 7.25. The van der Waals surface area contributed by atoms with E-state index < -0.39 is 0 Å². The zero-order chi connectivity index (χ0) is 31.2. The highest BCUT2D eigenvalue weighted by Crippen LogP contribution is 2.56. The van der Waals surface area contributed by atoms with Crippen molar-refractivity contribution in [3.8, 4) is 5.75 Å². The van der Waals surface area contributed by atoms with Crippen molar-refractivity contribution >= 4 is 5.69 Å². The highest BCUT2D eigenvalue weighted by atomic mass is 16.5. The number of benzene rings is 2. The molecule has 0 radical (unpaired) electrons. The van der Waals surface area contributed by atoms with Crippen LogP contribution < -0.4 is 9.64 Å². The standard InChI is InChI=1S/C44H45NO/c1-27-16-21-33(26-29(27)3)45(38-24-20-32-18-22-34-28(2)15-17-31-19-23-36(38)41(32)40(31)34)39-14-9-25-44(4)37-13-8-12-35(42(37)46-43(39)44)30-10-6-5-7-11-30/h8-9,12-23,26,30-31,38,40H,5-7,10-11,24-25H2,1-4H3/t31?,38?,40?,44-/m1/s1. The Balaban J connectivity index is 1.22. The smallest absolute Gasteiger partial charge is 0.138 e. The predicted octanol–water partition coefficient (Wildman–Crippen LogP) is 10.9. The topological polar surface area (TPSA) is 12.5 Å². The molecule has 2 aromatic rings. The third-order valence-corrected chi connectivity index (χ3v) is 12.3. The van der Waals surface area contributed by atoms with Gasteiger partial charge in [-0.2, -0.15) is 0 Å². The highest BCUT2D eigenvalue weighted by molar-refractivity contribution is 5.70. The van der Waals surface area contributed by atoms with Gasteiger partial charge in [0.15, 0.2) is 0 Å². The van der Waals surface area contributed by atoms with Gasteiger partial charge in [-0.15, -0.1) is 0 Å². The zero-order valence-corrected chi connectivity index (χ0v) is 27.8. The van der Waals surface area contributed by atoms with E-state index in [4.69, 9.17) is 4.74 Å². The normalized spacial score (nSPS) is 29.0. The summed E-state index contributed by atoms with van der Waals surface area (Å²) in [5, 5.41) is 0. The van der Waals surface area contributed by atoms with E-state index in [9.17, 15) is 0 Å². The van der Waals surface area contributed by atoms with E-state index in [2.05, 4.69) is 124 Å². The Kier molecular flexibility index (Phi) is 6.43. The summed E-state index contributed by atoms with van der Waals surface area (Å²) >= 11 is 0. The van der Waals surface area contributed by atoms with Crippen LogP contribution in [-0.2, 0) is 5.41 Å². The molecule has 46 heavy (non-hydrogen) atoms. The van der Waals surface area contributed by atoms with Gasteiger partial charge in [-0.25, -0.2) is 0 Å². The predicted molar refractivity (Wildman–Crippen MR) is 190 cm³/mol. The van der Waals surface area contributed by atoms with Crippen LogP contribution in [0.2, 0.25) is 0 Å². The van der Waals surface area contributed by atoms with E-state index in [0.717, 1.165) is 24.4 Å². The molecular weight excluding hydrogens is 558 g/mol. The Hall–Kier alpha value is -4.04. The molecule has 0 aromatic heterocycles. The van der Waals surface area contributed by atoms with Gasteiger partial charge in [-0.3, -0.25) is 0 Å². The third-order valence-electron chi connectivity index (χ3n) is 12.3. The lowest BCUT2D eigenvalue weighted by molar-refractivity contribution is 0.358. The second kappa shape index (κ2) is 10.5. The monoisotopic (exact) mass is 603 g/mol. The Morgan fingerprint density at radius 1 is 0.848 bits per heavy atom. The highest BCUT2D eigenvalue weighted by Gasteiger charge is 2.48. The lowest BCUT2D eigenvalue weighted by atomic mass is 9.64. The average molecular weight is 604 g/mol. The third kappa shape index (κ3) is 4.08. The first-order valence-electron chi connectivity index (χ1n) is 17.7. The maximum Gasteiger partial charge on any atom is 0.138 e. The number of hydrogen-bond acceptors (Lipinski definition) is 2. The number of allylic oxidation sites excluding steroid dienone is 12. The summed E-state index contributed by atoms with van der Waals surface area (Å²) in [7, 11) is 0. The van der Waals surface area contributed by atoms with Crippen LogP contribution in [0.5, 0.6) is 5.75 Å². The van der Waals surface area contributed by atoms with Crippen LogP contribution in [0.3, 0.4) is 0 Å². The van der Waals surface area contributed by atoms with Crippen LogP contribution in [0, 0.1) is 25.7 Å². The van der Waals surface area contributed by atoms with Crippen molar-refractivity contribution < 1.29 is 4.74 Å². The van der Waals surface area contributed by atoms with Crippen LogP contribution in [0.4, 0.5) is 5.69 Å². The summed E-state index contributed by atoms with van der Waals surface area (Å²) in [6, 6.07) is 14.2. The van der Waals surface area contributed by atoms with Crippen molar-refractivity contribution in [2.24, 2.45) is 11.8 Å². The maximum atomic E-state index is 7.25. The van der Waals surface area contributed by atoms with Gasteiger partial charge in [-0.1, -0.05) is 92.1 Å². The number of hydrogen-bond donors (Lipinski definition) is 0. The van der Waals surface area contributed by atoms with Crippen LogP contribution in [0.1, 0.15) is 87.0 Å². The minimum absolute atomic E-state index is 0.177. The first-order valence-corrected chi connectivity index (χ1v) is 17.7. The molecule has 6 aliphatic carbocycles. The molecule has 1 saturated carbocycles. The van der Waals surface area contributed by atoms with Crippen molar-refractivity contribution in [1.29, 1.82) is 0 Å². The van der Waals surface area contributed by atoms with E-state index >= 15 is 0 Å². The zero-order valence-electron chi connectivity index (χ0n) is 27.8. The number of ether oxygens (including phenoxy) is 1. The fourth-order valence-electron chi connectivity index (χ4n) is 9.60. The minimum Gasteiger partial charge on any atom is -0.458 e. The van der Waals surface area contributed by atoms with Gasteiger partial charge in [0.2, 0.25) is 0 Å². The Morgan fingerprint density at radius 3 is 2.54 bits per heavy atom. The fourth-order valence-corrected chi connectivity index (χ4v) is 9.60. The summed E-state index contributed by atoms with van der Waals surface area (Å²) in [4.78, 5) is 2.65. The maximum absolute atomic E-state index is 7.25. The summed E-state index contributed by atoms with van der Waals surface area (Å²) in [5.41, 5.74) is 15.0. The molecule has 232 valence electrons. The molecular formula is C44H45NO. The molecule has 0 spiro atoms. The Labute approximate surface area is 274 Å². The summed E-state index contributed by atoms with van der Waals surface area (Å²) in [6.45, 7) is 9.17. The van der Waals surface area contributed by atoms with Gasteiger partial charge in [0.05, 0.1) is 17.2 Å². The molecule has 0 amide bonds. The van der Waals surface area contributed by atoms with Crippen LogP contribution in [0.25, 0.3) is 0 Å². The first-order chi connectivity index (χ1) is 22.4. The van der Waals surface area contributed by atoms with Crippen LogP contribution in [0.15, 0.2) is 130 Å². The van der Waals surface area contributed by atoms with Gasteiger partial charge in [0.25, 0.3) is 0 Å². The van der Waals surface area contributed by atoms with E-state index in [0.29, 0.717) is 17.8 Å². The van der Waals surface area contributed by atoms with Crippen molar-refractivity contribution in [1.82, 2.24) is 0 Å². The van der Waals surface area contributed by atoms with Gasteiger partial charge in [0.1, 0.15) is 11.5 Å². The van der Waals surface area contributed by atoms with Crippen LogP contribution >= 0.6 is 0 Å².